The number of hydrogen-bond acceptors (Lipinski definition) is 24. The summed E-state index contributed by atoms with van der Waals surface area (Å²) in [4.78, 5) is 66.5. The standard InChI is InChI=1S/C93H173O25P/c1-5-9-13-17-21-25-29-33-37-41-45-49-53-57-61-65-76(95)109-70-73(112-78(97)67-63-59-55-51-47-43-39-35-31-27-23-19-15-11-7-3)71-111-119(107,108)118-91-89(116-92-86(105)82(101)80(99)74(69-94)113-92)85(104)84(103)88(115-79(98)68-64-60-56-52-48-44-40-36-32-28-24-20-16-12-8-4)90(91)117-93-87(106)83(102)81(100)75(114-93)72-110-77(96)66-62-58-54-50-46-42-38-34-30-26-22-18-14-10-6-2/h25,29,73-75,80-94,99-106H,5-24,26-28,30-72H2,1-4H3,(H,107,108)/b29-25-. The Morgan fingerprint density at radius 1 is 0.328 bits per heavy atom. The van der Waals surface area contributed by atoms with Gasteiger partial charge in [-0.25, -0.2) is 4.57 Å². The minimum Gasteiger partial charge on any atom is -0.463 e. The summed E-state index contributed by atoms with van der Waals surface area (Å²) in [6.07, 6.45) is 31.8. The summed E-state index contributed by atoms with van der Waals surface area (Å²) >= 11 is 0. The lowest BCUT2D eigenvalue weighted by molar-refractivity contribution is -0.360. The van der Waals surface area contributed by atoms with Crippen molar-refractivity contribution in [2.24, 2.45) is 0 Å². The molecule has 1 aliphatic carbocycles. The molecule has 700 valence electrons. The summed E-state index contributed by atoms with van der Waals surface area (Å²) < 4.78 is 73.5. The lowest BCUT2D eigenvalue weighted by Gasteiger charge is -2.50. The summed E-state index contributed by atoms with van der Waals surface area (Å²) in [5.41, 5.74) is 0. The molecule has 0 bridgehead atoms. The van der Waals surface area contributed by atoms with Gasteiger partial charge in [0.05, 0.1) is 13.2 Å². The SMILES string of the molecule is CCCCCC/C=C\CCCCCCCCCC(=O)OCC(COP(=O)(O)OC1C(OC2OC(CO)C(O)C(O)C2O)C(O)C(O)C(OC(=O)CCCCCCCCCCCCCCCCC)C1OC1OC(COC(=O)CCCCCCCCCCCCCCCCC)C(O)C(O)C1O)OC(=O)CCCCCCCCCCCCCCCCC. The highest BCUT2D eigenvalue weighted by atomic mass is 31.2. The maximum atomic E-state index is 14.9. The van der Waals surface area contributed by atoms with Crippen molar-refractivity contribution in [2.75, 3.05) is 26.4 Å². The number of ether oxygens (including phenoxy) is 8. The number of hydrogen-bond donors (Lipinski definition) is 10. The van der Waals surface area contributed by atoms with Crippen molar-refractivity contribution in [3.63, 3.8) is 0 Å². The van der Waals surface area contributed by atoms with Gasteiger partial charge in [-0.15, -0.1) is 0 Å². The minimum absolute atomic E-state index is 0.0191. The number of unbranched alkanes of at least 4 members (excludes halogenated alkanes) is 53. The average Bonchev–Trinajstić information content (AvgIpc) is 0.754. The molecule has 3 fully saturated rings. The zero-order valence-electron chi connectivity index (χ0n) is 74.7. The lowest BCUT2D eigenvalue weighted by Crippen LogP contribution is -2.70. The first-order valence-electron chi connectivity index (χ1n) is 48.4. The molecule has 2 aliphatic heterocycles. The van der Waals surface area contributed by atoms with E-state index in [1.807, 2.05) is 0 Å². The fraction of sp³-hybridized carbons (Fsp3) is 0.935. The van der Waals surface area contributed by atoms with Crippen LogP contribution in [0.15, 0.2) is 12.2 Å². The second-order valence-electron chi connectivity index (χ2n) is 34.6. The fourth-order valence-corrected chi connectivity index (χ4v) is 17.0. The molecule has 0 aromatic carbocycles. The van der Waals surface area contributed by atoms with Gasteiger partial charge in [-0.05, 0) is 51.4 Å². The van der Waals surface area contributed by atoms with Gasteiger partial charge < -0.3 is 88.7 Å². The first kappa shape index (κ1) is 110. The molecule has 2 saturated heterocycles. The molecule has 0 radical (unpaired) electrons. The zero-order chi connectivity index (χ0) is 86.8. The van der Waals surface area contributed by atoms with Crippen LogP contribution >= 0.6 is 7.82 Å². The van der Waals surface area contributed by atoms with E-state index in [9.17, 15) is 74.6 Å². The van der Waals surface area contributed by atoms with Gasteiger partial charge in [0, 0.05) is 25.7 Å². The largest absolute Gasteiger partial charge is 0.472 e. The van der Waals surface area contributed by atoms with Crippen molar-refractivity contribution in [1.29, 1.82) is 0 Å². The number of esters is 4. The van der Waals surface area contributed by atoms with E-state index < -0.39 is 162 Å². The summed E-state index contributed by atoms with van der Waals surface area (Å²) in [5, 5.41) is 102. The maximum Gasteiger partial charge on any atom is 0.472 e. The van der Waals surface area contributed by atoms with Crippen LogP contribution in [0, 0.1) is 0 Å². The van der Waals surface area contributed by atoms with E-state index in [0.717, 1.165) is 148 Å². The molecule has 3 aliphatic rings. The highest BCUT2D eigenvalue weighted by molar-refractivity contribution is 7.47. The first-order valence-corrected chi connectivity index (χ1v) is 49.9. The summed E-state index contributed by atoms with van der Waals surface area (Å²) in [6.45, 7) is 5.63. The third-order valence-electron chi connectivity index (χ3n) is 23.8. The molecule has 1 saturated carbocycles. The van der Waals surface area contributed by atoms with E-state index in [1.54, 1.807) is 0 Å². The quantitative estimate of drug-likeness (QED) is 0.00889. The van der Waals surface area contributed by atoms with E-state index in [2.05, 4.69) is 39.8 Å². The Labute approximate surface area is 718 Å². The predicted octanol–water partition coefficient (Wildman–Crippen LogP) is 18.3. The van der Waals surface area contributed by atoms with Crippen molar-refractivity contribution >= 4 is 31.7 Å². The molecular formula is C93H173O25P. The maximum absolute atomic E-state index is 14.9. The number of aliphatic hydroxyl groups excluding tert-OH is 9. The molecule has 0 aromatic heterocycles. The Morgan fingerprint density at radius 3 is 1.01 bits per heavy atom. The van der Waals surface area contributed by atoms with Gasteiger partial charge in [-0.3, -0.25) is 28.2 Å². The Bertz CT molecular complexity index is 2520. The Morgan fingerprint density at radius 2 is 0.630 bits per heavy atom. The van der Waals surface area contributed by atoms with Crippen molar-refractivity contribution in [3.8, 4) is 0 Å². The van der Waals surface area contributed by atoms with Gasteiger partial charge in [0.1, 0.15) is 92.6 Å². The summed E-state index contributed by atoms with van der Waals surface area (Å²) in [7, 11) is -5.81. The van der Waals surface area contributed by atoms with Gasteiger partial charge in [0.15, 0.2) is 24.8 Å². The number of phosphoric acid groups is 1. The number of carbonyl (C=O) groups excluding carboxylic acids is 4. The molecule has 119 heavy (non-hydrogen) atoms. The number of carbonyl (C=O) groups is 4. The van der Waals surface area contributed by atoms with Gasteiger partial charge in [0.25, 0.3) is 0 Å². The average molecular weight is 1720 g/mol. The van der Waals surface area contributed by atoms with Crippen LogP contribution in [0.2, 0.25) is 0 Å². The van der Waals surface area contributed by atoms with E-state index in [4.69, 9.17) is 46.9 Å². The first-order chi connectivity index (χ1) is 57.7. The Hall–Kier alpha value is -2.79. The van der Waals surface area contributed by atoms with Gasteiger partial charge in [-0.1, -0.05) is 361 Å². The van der Waals surface area contributed by atoms with E-state index in [1.165, 1.54) is 193 Å². The van der Waals surface area contributed by atoms with Gasteiger partial charge >= 0.3 is 31.7 Å². The normalized spacial score (nSPS) is 24.8. The predicted molar refractivity (Wildman–Crippen MR) is 463 cm³/mol. The molecule has 18 unspecified atom stereocenters. The van der Waals surface area contributed by atoms with Gasteiger partial charge in [-0.2, -0.15) is 0 Å². The highest BCUT2D eigenvalue weighted by Crippen LogP contribution is 2.49. The van der Waals surface area contributed by atoms with Crippen LogP contribution in [0.3, 0.4) is 0 Å². The molecule has 3 rings (SSSR count). The lowest BCUT2D eigenvalue weighted by atomic mass is 9.84. The van der Waals surface area contributed by atoms with Crippen LogP contribution in [0.25, 0.3) is 0 Å². The van der Waals surface area contributed by atoms with Crippen LogP contribution in [-0.2, 0) is 70.7 Å². The topological polar surface area (TPSA) is 380 Å². The molecular weight excluding hydrogens is 1550 g/mol. The van der Waals surface area contributed by atoms with E-state index in [-0.39, 0.29) is 25.7 Å². The molecule has 0 spiro atoms. The second kappa shape index (κ2) is 72.3. The van der Waals surface area contributed by atoms with Crippen LogP contribution in [0.1, 0.15) is 426 Å². The van der Waals surface area contributed by atoms with Crippen LogP contribution < -0.4 is 0 Å². The van der Waals surface area contributed by atoms with E-state index >= 15 is 0 Å². The molecule has 18 atom stereocenters. The van der Waals surface area contributed by atoms with Crippen molar-refractivity contribution in [3.05, 3.63) is 12.2 Å². The number of rotatable bonds is 79. The highest BCUT2D eigenvalue weighted by Gasteiger charge is 2.60. The smallest absolute Gasteiger partial charge is 0.463 e. The Balaban J connectivity index is 1.90. The van der Waals surface area contributed by atoms with Crippen LogP contribution in [0.4, 0.5) is 0 Å². The van der Waals surface area contributed by atoms with Crippen LogP contribution in [0.5, 0.6) is 0 Å². The fourth-order valence-electron chi connectivity index (χ4n) is 16.1. The molecule has 10 N–H and O–H groups in total. The van der Waals surface area contributed by atoms with E-state index in [0.29, 0.717) is 32.1 Å². The minimum atomic E-state index is -5.81. The zero-order valence-corrected chi connectivity index (χ0v) is 75.6. The third kappa shape index (κ3) is 52.2. The monoisotopic (exact) mass is 1720 g/mol. The molecule has 2 heterocycles. The molecule has 26 heteroatoms. The molecule has 0 aromatic rings. The van der Waals surface area contributed by atoms with Crippen molar-refractivity contribution in [2.45, 2.75) is 530 Å². The number of phosphoric ester groups is 1. The van der Waals surface area contributed by atoms with Crippen molar-refractivity contribution in [1.82, 2.24) is 0 Å². The number of aliphatic hydroxyl groups is 9. The number of allylic oxidation sites excluding steroid dienone is 2. The van der Waals surface area contributed by atoms with Crippen LogP contribution in [-0.4, -0.2) is 205 Å². The van der Waals surface area contributed by atoms with Crippen molar-refractivity contribution < 1.29 is 122 Å². The Kier molecular flexibility index (Phi) is 67.0. The molecule has 0 amide bonds. The third-order valence-corrected chi connectivity index (χ3v) is 24.8. The molecule has 25 nitrogen and oxygen atoms in total. The van der Waals surface area contributed by atoms with Gasteiger partial charge in [0.2, 0.25) is 0 Å². The summed E-state index contributed by atoms with van der Waals surface area (Å²) in [6, 6.07) is 0. The second-order valence-corrected chi connectivity index (χ2v) is 36.0. The summed E-state index contributed by atoms with van der Waals surface area (Å²) in [5.74, 6) is -2.95.